The lowest BCUT2D eigenvalue weighted by Crippen LogP contribution is -2.23. The molecule has 0 radical (unpaired) electrons. The number of benzene rings is 1. The number of hydrogen-bond donors (Lipinski definition) is 1. The smallest absolute Gasteiger partial charge is 0.227 e. The van der Waals surface area contributed by atoms with Gasteiger partial charge in [0.25, 0.3) is 0 Å². The number of nitrogens with zero attached hydrogens (tertiary/aromatic N) is 3. The number of anilines is 1. The Hall–Kier alpha value is -2.43. The maximum atomic E-state index is 12.4. The van der Waals surface area contributed by atoms with Crippen LogP contribution in [0.1, 0.15) is 50.8 Å². The highest BCUT2D eigenvalue weighted by Gasteiger charge is 2.19. The van der Waals surface area contributed by atoms with E-state index in [0.717, 1.165) is 55.1 Å². The number of amides is 1. The first-order valence-electron chi connectivity index (χ1n) is 9.79. The Labute approximate surface area is 154 Å². The van der Waals surface area contributed by atoms with Gasteiger partial charge in [-0.05, 0) is 56.4 Å². The first-order valence-corrected chi connectivity index (χ1v) is 9.79. The quantitative estimate of drug-likeness (QED) is 0.837. The van der Waals surface area contributed by atoms with Crippen molar-refractivity contribution in [2.45, 2.75) is 57.9 Å². The van der Waals surface area contributed by atoms with Crippen LogP contribution in [0.5, 0.6) is 0 Å². The lowest BCUT2D eigenvalue weighted by Gasteiger charge is -2.17. The van der Waals surface area contributed by atoms with Crippen LogP contribution in [0.3, 0.4) is 0 Å². The minimum absolute atomic E-state index is 0.0934. The highest BCUT2D eigenvalue weighted by atomic mass is 16.1. The standard InChI is InChI=1S/C21H26N4O/c26-21(17-8-4-3-5-9-17)22-18-13-11-16(12-14-18)20-24-23-19-10-6-1-2-7-15-25(19)20/h3-4,11-14,17H,1-2,5-10,15H2,(H,22,26). The van der Waals surface area contributed by atoms with Crippen LogP contribution in [-0.4, -0.2) is 20.7 Å². The molecular formula is C21H26N4O. The summed E-state index contributed by atoms with van der Waals surface area (Å²) < 4.78 is 2.26. The third-order valence-electron chi connectivity index (χ3n) is 5.41. The van der Waals surface area contributed by atoms with Crippen molar-refractivity contribution >= 4 is 11.6 Å². The van der Waals surface area contributed by atoms with E-state index in [4.69, 9.17) is 0 Å². The van der Waals surface area contributed by atoms with Gasteiger partial charge in [0.1, 0.15) is 5.82 Å². The van der Waals surface area contributed by atoms with Crippen molar-refractivity contribution < 1.29 is 4.79 Å². The van der Waals surface area contributed by atoms with Crippen LogP contribution in [-0.2, 0) is 17.8 Å². The molecule has 1 N–H and O–H groups in total. The molecule has 1 amide bonds. The lowest BCUT2D eigenvalue weighted by molar-refractivity contribution is -0.120. The number of fused-ring (bicyclic) bond motifs is 1. The molecule has 5 nitrogen and oxygen atoms in total. The zero-order chi connectivity index (χ0) is 17.8. The van der Waals surface area contributed by atoms with E-state index < -0.39 is 0 Å². The maximum absolute atomic E-state index is 12.4. The highest BCUT2D eigenvalue weighted by molar-refractivity contribution is 5.92. The van der Waals surface area contributed by atoms with Crippen molar-refractivity contribution in [1.82, 2.24) is 14.8 Å². The van der Waals surface area contributed by atoms with Gasteiger partial charge in [-0.1, -0.05) is 25.0 Å². The maximum Gasteiger partial charge on any atom is 0.227 e. The van der Waals surface area contributed by atoms with Crippen molar-refractivity contribution in [2.75, 3.05) is 5.32 Å². The number of carbonyl (C=O) groups excluding carboxylic acids is 1. The van der Waals surface area contributed by atoms with Crippen molar-refractivity contribution in [3.05, 3.63) is 42.2 Å². The summed E-state index contributed by atoms with van der Waals surface area (Å²) in [6, 6.07) is 8.01. The molecule has 0 spiro atoms. The van der Waals surface area contributed by atoms with Crippen molar-refractivity contribution in [1.29, 1.82) is 0 Å². The van der Waals surface area contributed by atoms with Gasteiger partial charge < -0.3 is 9.88 Å². The van der Waals surface area contributed by atoms with E-state index in [1.165, 1.54) is 25.7 Å². The molecule has 0 saturated heterocycles. The molecule has 1 unspecified atom stereocenters. The van der Waals surface area contributed by atoms with Crippen molar-refractivity contribution in [3.63, 3.8) is 0 Å². The van der Waals surface area contributed by atoms with Crippen LogP contribution in [0.25, 0.3) is 11.4 Å². The molecule has 1 aliphatic heterocycles. The van der Waals surface area contributed by atoms with Crippen LogP contribution < -0.4 is 5.32 Å². The van der Waals surface area contributed by atoms with Crippen LogP contribution in [0.4, 0.5) is 5.69 Å². The summed E-state index contributed by atoms with van der Waals surface area (Å²) in [6.07, 6.45) is 13.0. The monoisotopic (exact) mass is 350 g/mol. The Morgan fingerprint density at radius 2 is 1.88 bits per heavy atom. The molecule has 0 bridgehead atoms. The van der Waals surface area contributed by atoms with Gasteiger partial charge in [0.2, 0.25) is 5.91 Å². The fourth-order valence-corrected chi connectivity index (χ4v) is 3.85. The molecule has 136 valence electrons. The van der Waals surface area contributed by atoms with E-state index in [1.807, 2.05) is 24.3 Å². The number of aryl methyl sites for hydroxylation is 1. The molecular weight excluding hydrogens is 324 g/mol. The zero-order valence-electron chi connectivity index (χ0n) is 15.2. The predicted molar refractivity (Wildman–Crippen MR) is 103 cm³/mol. The Kier molecular flexibility index (Phi) is 5.14. The number of rotatable bonds is 3. The van der Waals surface area contributed by atoms with E-state index >= 15 is 0 Å². The molecule has 0 fully saturated rings. The Morgan fingerprint density at radius 3 is 2.69 bits per heavy atom. The molecule has 1 aliphatic carbocycles. The molecule has 1 atom stereocenters. The molecule has 0 saturated carbocycles. The highest BCUT2D eigenvalue weighted by Crippen LogP contribution is 2.25. The minimum atomic E-state index is 0.0934. The summed E-state index contributed by atoms with van der Waals surface area (Å²) in [5.41, 5.74) is 1.91. The van der Waals surface area contributed by atoms with Crippen molar-refractivity contribution in [3.8, 4) is 11.4 Å². The number of nitrogens with one attached hydrogen (secondary N) is 1. The molecule has 2 aliphatic rings. The van der Waals surface area contributed by atoms with Gasteiger partial charge in [0.15, 0.2) is 5.82 Å². The van der Waals surface area contributed by atoms with Crippen LogP contribution >= 0.6 is 0 Å². The van der Waals surface area contributed by atoms with E-state index in [9.17, 15) is 4.79 Å². The summed E-state index contributed by atoms with van der Waals surface area (Å²) in [4.78, 5) is 12.4. The first-order chi connectivity index (χ1) is 12.8. The molecule has 4 rings (SSSR count). The Bertz CT molecular complexity index is 791. The first kappa shape index (κ1) is 17.0. The molecule has 26 heavy (non-hydrogen) atoms. The number of aromatic nitrogens is 3. The third-order valence-corrected chi connectivity index (χ3v) is 5.41. The van der Waals surface area contributed by atoms with Crippen LogP contribution in [0.15, 0.2) is 36.4 Å². The van der Waals surface area contributed by atoms with Crippen molar-refractivity contribution in [2.24, 2.45) is 5.92 Å². The summed E-state index contributed by atoms with van der Waals surface area (Å²) in [5.74, 6) is 2.25. The van der Waals surface area contributed by atoms with E-state index in [2.05, 4.69) is 32.2 Å². The molecule has 5 heteroatoms. The second-order valence-electron chi connectivity index (χ2n) is 7.30. The molecule has 2 heterocycles. The van der Waals surface area contributed by atoms with Gasteiger partial charge in [-0.15, -0.1) is 10.2 Å². The fraction of sp³-hybridized carbons (Fsp3) is 0.476. The fourth-order valence-electron chi connectivity index (χ4n) is 3.85. The second-order valence-corrected chi connectivity index (χ2v) is 7.30. The number of allylic oxidation sites excluding steroid dienone is 2. The van der Waals surface area contributed by atoms with Gasteiger partial charge in [0, 0.05) is 30.1 Å². The largest absolute Gasteiger partial charge is 0.326 e. The third kappa shape index (κ3) is 3.71. The summed E-state index contributed by atoms with van der Waals surface area (Å²) in [5, 5.41) is 11.9. The number of carbonyl (C=O) groups is 1. The predicted octanol–water partition coefficient (Wildman–Crippen LogP) is 4.36. The van der Waals surface area contributed by atoms with E-state index in [-0.39, 0.29) is 11.8 Å². The molecule has 1 aromatic carbocycles. The Balaban J connectivity index is 1.48. The normalized spacial score (nSPS) is 20.1. The van der Waals surface area contributed by atoms with Crippen LogP contribution in [0.2, 0.25) is 0 Å². The topological polar surface area (TPSA) is 59.8 Å². The van der Waals surface area contributed by atoms with Gasteiger partial charge in [-0.3, -0.25) is 4.79 Å². The SMILES string of the molecule is O=C(Nc1ccc(-c2nnc3n2CCCCCC3)cc1)C1CC=CCC1. The van der Waals surface area contributed by atoms with Gasteiger partial charge >= 0.3 is 0 Å². The van der Waals surface area contributed by atoms with Gasteiger partial charge in [-0.2, -0.15) is 0 Å². The van der Waals surface area contributed by atoms with E-state index in [1.54, 1.807) is 0 Å². The lowest BCUT2D eigenvalue weighted by atomic mass is 9.93. The number of hydrogen-bond acceptors (Lipinski definition) is 3. The average Bonchev–Trinajstić information content (AvgIpc) is 3.04. The summed E-state index contributed by atoms with van der Waals surface area (Å²) >= 11 is 0. The van der Waals surface area contributed by atoms with Gasteiger partial charge in [-0.25, -0.2) is 0 Å². The van der Waals surface area contributed by atoms with Crippen LogP contribution in [0, 0.1) is 5.92 Å². The summed E-state index contributed by atoms with van der Waals surface area (Å²) in [7, 11) is 0. The molecule has 1 aromatic heterocycles. The average molecular weight is 350 g/mol. The second kappa shape index (κ2) is 7.85. The molecule has 2 aromatic rings. The van der Waals surface area contributed by atoms with Gasteiger partial charge in [0.05, 0.1) is 0 Å². The Morgan fingerprint density at radius 1 is 1.04 bits per heavy atom. The summed E-state index contributed by atoms with van der Waals surface area (Å²) in [6.45, 7) is 0.991. The van der Waals surface area contributed by atoms with E-state index in [0.29, 0.717) is 0 Å². The zero-order valence-corrected chi connectivity index (χ0v) is 15.2. The minimum Gasteiger partial charge on any atom is -0.326 e.